The molecule has 0 aliphatic carbocycles. The number of benzene rings is 2. The highest BCUT2D eigenvalue weighted by Gasteiger charge is 2.14. The van der Waals surface area contributed by atoms with Crippen LogP contribution in [0, 0.1) is 13.8 Å². The molecule has 0 aliphatic heterocycles. The predicted molar refractivity (Wildman–Crippen MR) is 86.4 cm³/mol. The molecule has 0 saturated heterocycles. The Morgan fingerprint density at radius 2 is 1.82 bits per heavy atom. The van der Waals surface area contributed by atoms with Crippen LogP contribution >= 0.6 is 0 Å². The van der Waals surface area contributed by atoms with Crippen LogP contribution in [0.25, 0.3) is 11.0 Å². The van der Waals surface area contributed by atoms with Gasteiger partial charge in [0.15, 0.2) is 5.78 Å². The van der Waals surface area contributed by atoms with Gasteiger partial charge in [-0.1, -0.05) is 35.9 Å². The van der Waals surface area contributed by atoms with Crippen molar-refractivity contribution >= 4 is 16.8 Å². The van der Waals surface area contributed by atoms with Crippen molar-refractivity contribution in [1.29, 1.82) is 0 Å². The number of rotatable bonds is 3. The van der Waals surface area contributed by atoms with E-state index in [1.165, 1.54) is 0 Å². The highest BCUT2D eigenvalue weighted by Crippen LogP contribution is 2.16. The van der Waals surface area contributed by atoms with Gasteiger partial charge in [-0.15, -0.1) is 0 Å². The first-order valence-electron chi connectivity index (χ1n) is 7.17. The number of para-hydroxylation sites is 1. The second-order valence-corrected chi connectivity index (χ2v) is 5.52. The molecule has 0 N–H and O–H groups in total. The average molecular weight is 292 g/mol. The summed E-state index contributed by atoms with van der Waals surface area (Å²) in [6.07, 6.45) is 0.0530. The third kappa shape index (κ3) is 2.70. The van der Waals surface area contributed by atoms with E-state index < -0.39 is 5.63 Å². The van der Waals surface area contributed by atoms with Gasteiger partial charge in [-0.05, 0) is 37.6 Å². The van der Waals surface area contributed by atoms with E-state index in [0.29, 0.717) is 16.7 Å². The fraction of sp³-hybridized carbons (Fsp3) is 0.158. The molecule has 0 unspecified atom stereocenters. The predicted octanol–water partition coefficient (Wildman–Crippen LogP) is 3.84. The van der Waals surface area contributed by atoms with E-state index in [9.17, 15) is 9.59 Å². The molecule has 0 radical (unpaired) electrons. The van der Waals surface area contributed by atoms with Crippen LogP contribution in [0.1, 0.15) is 27.0 Å². The summed E-state index contributed by atoms with van der Waals surface area (Å²) in [4.78, 5) is 24.5. The quantitative estimate of drug-likeness (QED) is 0.544. The van der Waals surface area contributed by atoms with Crippen molar-refractivity contribution in [3.8, 4) is 0 Å². The second-order valence-electron chi connectivity index (χ2n) is 5.52. The first-order valence-corrected chi connectivity index (χ1v) is 7.17. The molecule has 22 heavy (non-hydrogen) atoms. The van der Waals surface area contributed by atoms with Crippen molar-refractivity contribution in [2.75, 3.05) is 0 Å². The summed E-state index contributed by atoms with van der Waals surface area (Å²) in [5.74, 6) is -0.0659. The monoisotopic (exact) mass is 292 g/mol. The Morgan fingerprint density at radius 1 is 1.05 bits per heavy atom. The molecule has 0 fully saturated rings. The molecule has 0 atom stereocenters. The maximum absolute atomic E-state index is 12.5. The Kier molecular flexibility index (Phi) is 3.63. The van der Waals surface area contributed by atoms with Crippen LogP contribution < -0.4 is 5.63 Å². The van der Waals surface area contributed by atoms with Gasteiger partial charge < -0.3 is 4.42 Å². The number of ketones is 1. The number of Topliss-reactive ketones (excluding diaryl/α,β-unsaturated/α-hetero) is 1. The molecule has 3 heteroatoms. The Hall–Kier alpha value is -2.68. The van der Waals surface area contributed by atoms with Crippen molar-refractivity contribution in [3.63, 3.8) is 0 Å². The number of aryl methyl sites for hydroxylation is 2. The van der Waals surface area contributed by atoms with E-state index in [0.717, 1.165) is 16.5 Å². The molecule has 0 saturated carbocycles. The summed E-state index contributed by atoms with van der Waals surface area (Å²) < 4.78 is 5.28. The van der Waals surface area contributed by atoms with Crippen molar-refractivity contribution in [1.82, 2.24) is 0 Å². The molecule has 0 spiro atoms. The van der Waals surface area contributed by atoms with Gasteiger partial charge in [0.1, 0.15) is 5.58 Å². The Bertz CT molecular complexity index is 919. The Labute approximate surface area is 128 Å². The van der Waals surface area contributed by atoms with Crippen LogP contribution in [0.2, 0.25) is 0 Å². The lowest BCUT2D eigenvalue weighted by molar-refractivity contribution is 0.0991. The standard InChI is InChI=1S/C19H16O3/c1-12-7-8-13(2)16(9-12)17(20)11-15-10-14-5-3-4-6-18(14)22-19(15)21/h3-10H,11H2,1-2H3. The molecule has 3 rings (SSSR count). The summed E-state index contributed by atoms with van der Waals surface area (Å²) in [6.45, 7) is 3.84. The SMILES string of the molecule is Cc1ccc(C)c(C(=O)Cc2cc3ccccc3oc2=O)c1. The van der Waals surface area contributed by atoms with Gasteiger partial charge >= 0.3 is 5.63 Å². The fourth-order valence-corrected chi connectivity index (χ4v) is 2.53. The van der Waals surface area contributed by atoms with Crippen LogP contribution in [0.15, 0.2) is 57.7 Å². The third-order valence-electron chi connectivity index (χ3n) is 3.76. The number of fused-ring (bicyclic) bond motifs is 1. The zero-order valence-corrected chi connectivity index (χ0v) is 12.6. The smallest absolute Gasteiger partial charge is 0.339 e. The van der Waals surface area contributed by atoms with Gasteiger partial charge in [0.2, 0.25) is 0 Å². The van der Waals surface area contributed by atoms with Gasteiger partial charge in [0.25, 0.3) is 0 Å². The minimum Gasteiger partial charge on any atom is -0.423 e. The van der Waals surface area contributed by atoms with Crippen LogP contribution in [-0.2, 0) is 6.42 Å². The van der Waals surface area contributed by atoms with Crippen molar-refractivity contribution < 1.29 is 9.21 Å². The van der Waals surface area contributed by atoms with Gasteiger partial charge in [0.05, 0.1) is 0 Å². The van der Waals surface area contributed by atoms with Gasteiger partial charge in [-0.3, -0.25) is 4.79 Å². The van der Waals surface area contributed by atoms with Crippen molar-refractivity contribution in [2.45, 2.75) is 20.3 Å². The van der Waals surface area contributed by atoms with E-state index in [2.05, 4.69) is 0 Å². The lowest BCUT2D eigenvalue weighted by atomic mass is 9.98. The number of carbonyl (C=O) groups excluding carboxylic acids is 1. The minimum atomic E-state index is -0.447. The maximum Gasteiger partial charge on any atom is 0.339 e. The van der Waals surface area contributed by atoms with Gasteiger partial charge in [0, 0.05) is 22.9 Å². The second kappa shape index (κ2) is 5.60. The van der Waals surface area contributed by atoms with E-state index in [1.54, 1.807) is 12.1 Å². The summed E-state index contributed by atoms with van der Waals surface area (Å²) in [5.41, 5.74) is 3.09. The molecule has 1 aromatic heterocycles. The minimum absolute atomic E-state index is 0.0530. The van der Waals surface area contributed by atoms with Gasteiger partial charge in [-0.25, -0.2) is 4.79 Å². The summed E-state index contributed by atoms with van der Waals surface area (Å²) in [7, 11) is 0. The molecular formula is C19H16O3. The third-order valence-corrected chi connectivity index (χ3v) is 3.76. The van der Waals surface area contributed by atoms with Crippen LogP contribution in [0.3, 0.4) is 0 Å². The first-order chi connectivity index (χ1) is 10.5. The van der Waals surface area contributed by atoms with Crippen molar-refractivity contribution in [2.24, 2.45) is 0 Å². The maximum atomic E-state index is 12.5. The normalized spacial score (nSPS) is 10.8. The number of hydrogen-bond donors (Lipinski definition) is 0. The lowest BCUT2D eigenvalue weighted by Crippen LogP contribution is -2.14. The average Bonchev–Trinajstić information content (AvgIpc) is 2.50. The highest BCUT2D eigenvalue weighted by atomic mass is 16.4. The molecule has 0 amide bonds. The van der Waals surface area contributed by atoms with Crippen LogP contribution in [0.4, 0.5) is 0 Å². The zero-order chi connectivity index (χ0) is 15.7. The summed E-state index contributed by atoms with van der Waals surface area (Å²) >= 11 is 0. The van der Waals surface area contributed by atoms with E-state index in [1.807, 2.05) is 50.2 Å². The lowest BCUT2D eigenvalue weighted by Gasteiger charge is -2.06. The Balaban J connectivity index is 1.99. The van der Waals surface area contributed by atoms with Crippen molar-refractivity contribution in [3.05, 3.63) is 81.2 Å². The first kappa shape index (κ1) is 14.3. The molecule has 3 nitrogen and oxygen atoms in total. The topological polar surface area (TPSA) is 47.3 Å². The molecule has 2 aromatic carbocycles. The largest absolute Gasteiger partial charge is 0.423 e. The zero-order valence-electron chi connectivity index (χ0n) is 12.6. The molecular weight excluding hydrogens is 276 g/mol. The molecule has 0 aliphatic rings. The summed E-state index contributed by atoms with van der Waals surface area (Å²) in [5, 5.41) is 0.825. The molecule has 0 bridgehead atoms. The van der Waals surface area contributed by atoms with Crippen LogP contribution in [-0.4, -0.2) is 5.78 Å². The van der Waals surface area contributed by atoms with E-state index >= 15 is 0 Å². The van der Waals surface area contributed by atoms with Gasteiger partial charge in [-0.2, -0.15) is 0 Å². The number of hydrogen-bond acceptors (Lipinski definition) is 3. The number of carbonyl (C=O) groups is 1. The molecule has 3 aromatic rings. The highest BCUT2D eigenvalue weighted by molar-refractivity contribution is 5.99. The summed E-state index contributed by atoms with van der Waals surface area (Å²) in [6, 6.07) is 14.8. The molecule has 110 valence electrons. The Morgan fingerprint density at radius 3 is 2.64 bits per heavy atom. The van der Waals surface area contributed by atoms with Crippen LogP contribution in [0.5, 0.6) is 0 Å². The molecule has 1 heterocycles. The van der Waals surface area contributed by atoms with E-state index in [4.69, 9.17) is 4.42 Å². The van der Waals surface area contributed by atoms with E-state index in [-0.39, 0.29) is 12.2 Å². The fourth-order valence-electron chi connectivity index (χ4n) is 2.53.